The van der Waals surface area contributed by atoms with Crippen LogP contribution in [0.25, 0.3) is 16.9 Å². The quantitative estimate of drug-likeness (QED) is 0.797. The Balaban J connectivity index is 2.28. The second-order valence-corrected chi connectivity index (χ2v) is 5.38. The Morgan fingerprint density at radius 3 is 2.77 bits per heavy atom. The van der Waals surface area contributed by atoms with Crippen molar-refractivity contribution in [1.82, 2.24) is 9.38 Å². The predicted octanol–water partition coefficient (Wildman–Crippen LogP) is 3.76. The number of fused-ring (bicyclic) bond motifs is 1. The van der Waals surface area contributed by atoms with Gasteiger partial charge in [-0.1, -0.05) is 12.1 Å². The molecule has 1 aromatic carbocycles. The summed E-state index contributed by atoms with van der Waals surface area (Å²) in [5, 5.41) is 10.2. The van der Waals surface area contributed by atoms with E-state index >= 15 is 0 Å². The fraction of sp³-hybridized carbons (Fsp3) is 0.278. The number of rotatable bonds is 4. The van der Waals surface area contributed by atoms with Gasteiger partial charge in [-0.25, -0.2) is 4.98 Å². The molecule has 0 aliphatic rings. The van der Waals surface area contributed by atoms with Crippen LogP contribution in [0, 0.1) is 6.92 Å². The Morgan fingerprint density at radius 2 is 2.05 bits per heavy atom. The monoisotopic (exact) mass is 296 g/mol. The predicted molar refractivity (Wildman–Crippen MR) is 87.2 cm³/mol. The number of nitrogens with zero attached hydrogens (tertiary/aromatic N) is 2. The van der Waals surface area contributed by atoms with E-state index in [0.29, 0.717) is 6.61 Å². The smallest absolute Gasteiger partial charge is 0.138 e. The maximum atomic E-state index is 10.2. The Morgan fingerprint density at radius 1 is 1.27 bits per heavy atom. The fourth-order valence-electron chi connectivity index (χ4n) is 2.71. The Kier molecular flexibility index (Phi) is 3.86. The van der Waals surface area contributed by atoms with Gasteiger partial charge in [-0.15, -0.1) is 0 Å². The summed E-state index contributed by atoms with van der Waals surface area (Å²) in [7, 11) is 0. The van der Waals surface area contributed by atoms with E-state index in [2.05, 4.69) is 0 Å². The summed E-state index contributed by atoms with van der Waals surface area (Å²) in [5.74, 6) is 0.784. The van der Waals surface area contributed by atoms with Crippen molar-refractivity contribution in [3.8, 4) is 17.0 Å². The van der Waals surface area contributed by atoms with Crippen LogP contribution in [-0.4, -0.2) is 21.1 Å². The standard InChI is InChI=1S/C18H20N2O2/c1-4-22-15-8-6-5-7-14(15)17-18(13(3)21)20-10-9-12(2)11-16(20)19-17/h5-11,13,21H,4H2,1-3H3. The number of hydrogen-bond acceptors (Lipinski definition) is 3. The van der Waals surface area contributed by atoms with Gasteiger partial charge >= 0.3 is 0 Å². The van der Waals surface area contributed by atoms with Crippen LogP contribution in [0.3, 0.4) is 0 Å². The molecular weight excluding hydrogens is 276 g/mol. The molecule has 1 unspecified atom stereocenters. The largest absolute Gasteiger partial charge is 0.493 e. The zero-order valence-electron chi connectivity index (χ0n) is 13.1. The SMILES string of the molecule is CCOc1ccccc1-c1nc2cc(C)ccn2c1C(C)O. The lowest BCUT2D eigenvalue weighted by Crippen LogP contribution is -2.01. The molecule has 4 heteroatoms. The maximum absolute atomic E-state index is 10.2. The van der Waals surface area contributed by atoms with Crippen molar-refractivity contribution in [3.63, 3.8) is 0 Å². The number of aliphatic hydroxyl groups is 1. The van der Waals surface area contributed by atoms with Crippen molar-refractivity contribution < 1.29 is 9.84 Å². The van der Waals surface area contributed by atoms with E-state index in [0.717, 1.165) is 33.9 Å². The first-order valence-corrected chi connectivity index (χ1v) is 7.50. The number of benzene rings is 1. The molecule has 1 atom stereocenters. The highest BCUT2D eigenvalue weighted by molar-refractivity contribution is 5.72. The molecule has 0 radical (unpaired) electrons. The minimum absolute atomic E-state index is 0.591. The summed E-state index contributed by atoms with van der Waals surface area (Å²) in [6, 6.07) is 11.8. The first-order valence-electron chi connectivity index (χ1n) is 7.50. The summed E-state index contributed by atoms with van der Waals surface area (Å²) in [6.07, 6.45) is 1.33. The molecular formula is C18H20N2O2. The third kappa shape index (κ3) is 2.46. The van der Waals surface area contributed by atoms with E-state index in [9.17, 15) is 5.11 Å². The maximum Gasteiger partial charge on any atom is 0.138 e. The van der Waals surface area contributed by atoms with Crippen molar-refractivity contribution in [2.24, 2.45) is 0 Å². The lowest BCUT2D eigenvalue weighted by atomic mass is 10.1. The van der Waals surface area contributed by atoms with Gasteiger partial charge in [-0.2, -0.15) is 0 Å². The fourth-order valence-corrected chi connectivity index (χ4v) is 2.71. The van der Waals surface area contributed by atoms with Gasteiger partial charge in [-0.3, -0.25) is 0 Å². The minimum atomic E-state index is -0.623. The van der Waals surface area contributed by atoms with Crippen LogP contribution in [0.4, 0.5) is 0 Å². The van der Waals surface area contributed by atoms with Gasteiger partial charge in [0.2, 0.25) is 0 Å². The van der Waals surface area contributed by atoms with Gasteiger partial charge in [0.1, 0.15) is 11.4 Å². The summed E-state index contributed by atoms with van der Waals surface area (Å²) in [4.78, 5) is 4.73. The zero-order valence-corrected chi connectivity index (χ0v) is 13.1. The summed E-state index contributed by atoms with van der Waals surface area (Å²) >= 11 is 0. The molecule has 3 aromatic rings. The molecule has 22 heavy (non-hydrogen) atoms. The van der Waals surface area contributed by atoms with E-state index in [4.69, 9.17) is 9.72 Å². The number of aromatic nitrogens is 2. The third-order valence-electron chi connectivity index (χ3n) is 3.66. The first kappa shape index (κ1) is 14.6. The summed E-state index contributed by atoms with van der Waals surface area (Å²) in [6.45, 7) is 6.34. The Bertz CT molecular complexity index is 806. The molecule has 0 fully saturated rings. The van der Waals surface area contributed by atoms with Gasteiger partial charge in [0, 0.05) is 11.8 Å². The van der Waals surface area contributed by atoms with Gasteiger partial charge < -0.3 is 14.2 Å². The molecule has 3 rings (SSSR count). The zero-order chi connectivity index (χ0) is 15.7. The molecule has 1 N–H and O–H groups in total. The number of hydrogen-bond donors (Lipinski definition) is 1. The van der Waals surface area contributed by atoms with Crippen molar-refractivity contribution in [3.05, 3.63) is 53.9 Å². The van der Waals surface area contributed by atoms with Crippen LogP contribution in [0.2, 0.25) is 0 Å². The van der Waals surface area contributed by atoms with Crippen molar-refractivity contribution in [2.45, 2.75) is 26.9 Å². The molecule has 114 valence electrons. The average molecular weight is 296 g/mol. The van der Waals surface area contributed by atoms with E-state index in [1.54, 1.807) is 6.92 Å². The van der Waals surface area contributed by atoms with E-state index in [1.165, 1.54) is 0 Å². The number of aliphatic hydroxyl groups excluding tert-OH is 1. The van der Waals surface area contributed by atoms with Crippen LogP contribution < -0.4 is 4.74 Å². The van der Waals surface area contributed by atoms with Crippen molar-refractivity contribution in [1.29, 1.82) is 0 Å². The van der Waals surface area contributed by atoms with Gasteiger partial charge in [-0.05, 0) is 50.6 Å². The highest BCUT2D eigenvalue weighted by Gasteiger charge is 2.20. The van der Waals surface area contributed by atoms with Crippen LogP contribution in [0.15, 0.2) is 42.6 Å². The van der Waals surface area contributed by atoms with E-state index < -0.39 is 6.10 Å². The van der Waals surface area contributed by atoms with Crippen LogP contribution in [0.1, 0.15) is 31.2 Å². The topological polar surface area (TPSA) is 46.8 Å². The average Bonchev–Trinajstić information content (AvgIpc) is 2.86. The second-order valence-electron chi connectivity index (χ2n) is 5.38. The lowest BCUT2D eigenvalue weighted by molar-refractivity contribution is 0.194. The number of aryl methyl sites for hydroxylation is 1. The van der Waals surface area contributed by atoms with E-state index in [-0.39, 0.29) is 0 Å². The molecule has 0 amide bonds. The number of imidazole rings is 1. The van der Waals surface area contributed by atoms with Crippen LogP contribution >= 0.6 is 0 Å². The molecule has 0 bridgehead atoms. The molecule has 0 aliphatic carbocycles. The highest BCUT2D eigenvalue weighted by Crippen LogP contribution is 2.35. The van der Waals surface area contributed by atoms with Crippen molar-refractivity contribution >= 4 is 5.65 Å². The van der Waals surface area contributed by atoms with E-state index in [1.807, 2.05) is 60.8 Å². The van der Waals surface area contributed by atoms with Crippen LogP contribution in [0.5, 0.6) is 5.75 Å². The Labute approximate surface area is 130 Å². The second kappa shape index (κ2) is 5.81. The number of pyridine rings is 1. The Hall–Kier alpha value is -2.33. The number of para-hydroxylation sites is 1. The summed E-state index contributed by atoms with van der Waals surface area (Å²) in [5.41, 5.74) is 4.42. The highest BCUT2D eigenvalue weighted by atomic mass is 16.5. The van der Waals surface area contributed by atoms with Crippen LogP contribution in [-0.2, 0) is 0 Å². The molecule has 0 aliphatic heterocycles. The summed E-state index contributed by atoms with van der Waals surface area (Å²) < 4.78 is 7.66. The number of ether oxygens (including phenoxy) is 1. The molecule has 0 saturated carbocycles. The molecule has 0 spiro atoms. The van der Waals surface area contributed by atoms with Gasteiger partial charge in [0.15, 0.2) is 0 Å². The molecule has 4 nitrogen and oxygen atoms in total. The molecule has 0 saturated heterocycles. The molecule has 2 aromatic heterocycles. The first-order chi connectivity index (χ1) is 10.6. The third-order valence-corrected chi connectivity index (χ3v) is 3.66. The van der Waals surface area contributed by atoms with Gasteiger partial charge in [0.05, 0.1) is 24.1 Å². The minimum Gasteiger partial charge on any atom is -0.493 e. The normalized spacial score (nSPS) is 12.5. The van der Waals surface area contributed by atoms with Crippen molar-refractivity contribution in [2.75, 3.05) is 6.61 Å². The lowest BCUT2D eigenvalue weighted by Gasteiger charge is -2.11. The van der Waals surface area contributed by atoms with Gasteiger partial charge in [0.25, 0.3) is 0 Å². The molecule has 2 heterocycles.